The van der Waals surface area contributed by atoms with Gasteiger partial charge in [0.2, 0.25) is 11.7 Å². The van der Waals surface area contributed by atoms with Crippen LogP contribution in [-0.2, 0) is 4.79 Å². The largest absolute Gasteiger partial charge is 0.497 e. The molecule has 0 aliphatic heterocycles. The van der Waals surface area contributed by atoms with E-state index in [9.17, 15) is 9.59 Å². The van der Waals surface area contributed by atoms with Gasteiger partial charge in [0.15, 0.2) is 5.76 Å². The van der Waals surface area contributed by atoms with Crippen LogP contribution in [0.2, 0.25) is 0 Å². The Bertz CT molecular complexity index is 979. The Morgan fingerprint density at radius 2 is 1.88 bits per heavy atom. The molecule has 3 rings (SSSR count). The molecule has 0 fully saturated rings. The first-order valence-electron chi connectivity index (χ1n) is 7.73. The van der Waals surface area contributed by atoms with Crippen LogP contribution in [-0.4, -0.2) is 31.8 Å². The molecule has 0 unspecified atom stereocenters. The number of methoxy groups -OCH3 is 2. The standard InChI is InChI=1S/C19H16ClNO5/c1-24-11-7-8-14(25-2)13(9-11)18(23)19-17(21-16(22)10-20)12-5-3-4-6-15(12)26-19/h3-9H,10H2,1-2H3,(H,21,22). The molecule has 0 bridgehead atoms. The van der Waals surface area contributed by atoms with Crippen molar-refractivity contribution in [2.45, 2.75) is 0 Å². The Hall–Kier alpha value is -2.99. The summed E-state index contributed by atoms with van der Waals surface area (Å²) in [6.07, 6.45) is 0. The molecule has 134 valence electrons. The number of furan rings is 1. The van der Waals surface area contributed by atoms with Gasteiger partial charge in [-0.15, -0.1) is 11.6 Å². The summed E-state index contributed by atoms with van der Waals surface area (Å²) in [4.78, 5) is 25.0. The highest BCUT2D eigenvalue weighted by Crippen LogP contribution is 2.35. The minimum atomic E-state index is -0.443. The molecule has 1 N–H and O–H groups in total. The van der Waals surface area contributed by atoms with Gasteiger partial charge in [0.25, 0.3) is 0 Å². The zero-order valence-corrected chi connectivity index (χ0v) is 14.9. The first-order chi connectivity index (χ1) is 12.6. The Labute approximate surface area is 154 Å². The summed E-state index contributed by atoms with van der Waals surface area (Å²) in [6.45, 7) is 0. The van der Waals surface area contributed by atoms with Crippen LogP contribution in [0.15, 0.2) is 46.9 Å². The van der Waals surface area contributed by atoms with E-state index in [1.165, 1.54) is 14.2 Å². The number of hydrogen-bond donors (Lipinski definition) is 1. The summed E-state index contributed by atoms with van der Waals surface area (Å²) < 4.78 is 16.2. The van der Waals surface area contributed by atoms with E-state index in [1.807, 2.05) is 0 Å². The molecule has 0 aliphatic rings. The fourth-order valence-corrected chi connectivity index (χ4v) is 2.68. The van der Waals surface area contributed by atoms with Gasteiger partial charge in [-0.2, -0.15) is 0 Å². The van der Waals surface area contributed by atoms with E-state index in [2.05, 4.69) is 5.32 Å². The van der Waals surface area contributed by atoms with Crippen LogP contribution in [0.3, 0.4) is 0 Å². The van der Waals surface area contributed by atoms with Crippen LogP contribution in [0.5, 0.6) is 11.5 Å². The maximum Gasteiger partial charge on any atom is 0.239 e. The lowest BCUT2D eigenvalue weighted by atomic mass is 10.1. The maximum absolute atomic E-state index is 13.1. The van der Waals surface area contributed by atoms with Crippen molar-refractivity contribution in [3.05, 3.63) is 53.8 Å². The first kappa shape index (κ1) is 17.8. The zero-order valence-electron chi connectivity index (χ0n) is 14.2. The highest BCUT2D eigenvalue weighted by atomic mass is 35.5. The molecule has 1 amide bonds. The van der Waals surface area contributed by atoms with Gasteiger partial charge < -0.3 is 19.2 Å². The quantitative estimate of drug-likeness (QED) is 0.524. The number of halogens is 1. The Kier molecular flexibility index (Phi) is 5.14. The molecule has 0 spiro atoms. The highest BCUT2D eigenvalue weighted by molar-refractivity contribution is 6.30. The molecule has 1 aromatic heterocycles. The Morgan fingerprint density at radius 3 is 2.58 bits per heavy atom. The second kappa shape index (κ2) is 7.49. The minimum absolute atomic E-state index is 0.00350. The third-order valence-electron chi connectivity index (χ3n) is 3.84. The molecule has 7 heteroatoms. The monoisotopic (exact) mass is 373 g/mol. The van der Waals surface area contributed by atoms with E-state index < -0.39 is 11.7 Å². The van der Waals surface area contributed by atoms with E-state index in [1.54, 1.807) is 42.5 Å². The van der Waals surface area contributed by atoms with Gasteiger partial charge in [0.1, 0.15) is 23.0 Å². The van der Waals surface area contributed by atoms with E-state index >= 15 is 0 Å². The highest BCUT2D eigenvalue weighted by Gasteiger charge is 2.25. The van der Waals surface area contributed by atoms with Crippen molar-refractivity contribution in [2.24, 2.45) is 0 Å². The molecule has 6 nitrogen and oxygen atoms in total. The van der Waals surface area contributed by atoms with Crippen LogP contribution < -0.4 is 14.8 Å². The third kappa shape index (κ3) is 3.23. The predicted molar refractivity (Wildman–Crippen MR) is 98.5 cm³/mol. The molecule has 0 radical (unpaired) electrons. The molecule has 0 atom stereocenters. The van der Waals surface area contributed by atoms with Crippen molar-refractivity contribution >= 4 is 39.9 Å². The SMILES string of the molecule is COc1ccc(OC)c(C(=O)c2oc3ccccc3c2NC(=O)CCl)c1. The van der Waals surface area contributed by atoms with Crippen LogP contribution >= 0.6 is 11.6 Å². The van der Waals surface area contributed by atoms with Gasteiger partial charge in [0.05, 0.1) is 25.5 Å². The van der Waals surface area contributed by atoms with E-state index in [0.29, 0.717) is 22.5 Å². The summed E-state index contributed by atoms with van der Waals surface area (Å²) >= 11 is 5.59. The van der Waals surface area contributed by atoms with Gasteiger partial charge in [-0.25, -0.2) is 0 Å². The van der Waals surface area contributed by atoms with Crippen LogP contribution in [0.4, 0.5) is 5.69 Å². The van der Waals surface area contributed by atoms with Crippen LogP contribution in [0.25, 0.3) is 11.0 Å². The lowest BCUT2D eigenvalue weighted by Gasteiger charge is -2.10. The second-order valence-electron chi connectivity index (χ2n) is 5.38. The predicted octanol–water partition coefficient (Wildman–Crippen LogP) is 3.86. The smallest absolute Gasteiger partial charge is 0.239 e. The number of fused-ring (bicyclic) bond motifs is 1. The molecule has 3 aromatic rings. The number of ether oxygens (including phenoxy) is 2. The van der Waals surface area contributed by atoms with E-state index in [-0.39, 0.29) is 22.9 Å². The summed E-state index contributed by atoms with van der Waals surface area (Å²) in [5.74, 6) is -0.263. The molecular weight excluding hydrogens is 358 g/mol. The Balaban J connectivity index is 2.17. The van der Waals surface area contributed by atoms with Crippen molar-refractivity contribution < 1.29 is 23.5 Å². The number of rotatable bonds is 6. The van der Waals surface area contributed by atoms with Gasteiger partial charge in [-0.3, -0.25) is 9.59 Å². The lowest BCUT2D eigenvalue weighted by Crippen LogP contribution is -2.15. The number of amides is 1. The van der Waals surface area contributed by atoms with Crippen molar-refractivity contribution in [3.8, 4) is 11.5 Å². The van der Waals surface area contributed by atoms with Crippen molar-refractivity contribution in [2.75, 3.05) is 25.4 Å². The topological polar surface area (TPSA) is 77.8 Å². The third-order valence-corrected chi connectivity index (χ3v) is 4.08. The van der Waals surface area contributed by atoms with Crippen molar-refractivity contribution in [1.82, 2.24) is 0 Å². The molecule has 0 aliphatic carbocycles. The van der Waals surface area contributed by atoms with Gasteiger partial charge in [-0.05, 0) is 30.3 Å². The van der Waals surface area contributed by atoms with E-state index in [0.717, 1.165) is 0 Å². The average molecular weight is 374 g/mol. The number of hydrogen-bond acceptors (Lipinski definition) is 5. The number of ketones is 1. The number of carbonyl (C=O) groups excluding carboxylic acids is 2. The van der Waals surface area contributed by atoms with E-state index in [4.69, 9.17) is 25.5 Å². The molecule has 0 saturated heterocycles. The van der Waals surface area contributed by atoms with Crippen LogP contribution in [0, 0.1) is 0 Å². The zero-order chi connectivity index (χ0) is 18.7. The molecular formula is C19H16ClNO5. The summed E-state index contributed by atoms with van der Waals surface area (Å²) in [5.41, 5.74) is 1.01. The molecule has 2 aromatic carbocycles. The number of nitrogens with one attached hydrogen (secondary N) is 1. The second-order valence-corrected chi connectivity index (χ2v) is 5.65. The Morgan fingerprint density at radius 1 is 1.12 bits per heavy atom. The average Bonchev–Trinajstić information content (AvgIpc) is 3.05. The van der Waals surface area contributed by atoms with Gasteiger partial charge in [-0.1, -0.05) is 12.1 Å². The van der Waals surface area contributed by atoms with Gasteiger partial charge in [0, 0.05) is 5.39 Å². The molecule has 1 heterocycles. The van der Waals surface area contributed by atoms with Gasteiger partial charge >= 0.3 is 0 Å². The number of carbonyl (C=O) groups is 2. The normalized spacial score (nSPS) is 10.6. The lowest BCUT2D eigenvalue weighted by molar-refractivity contribution is -0.113. The fraction of sp³-hybridized carbons (Fsp3) is 0.158. The number of anilines is 1. The summed E-state index contributed by atoms with van der Waals surface area (Å²) in [6, 6.07) is 11.9. The fourth-order valence-electron chi connectivity index (χ4n) is 2.62. The first-order valence-corrected chi connectivity index (χ1v) is 8.26. The van der Waals surface area contributed by atoms with Crippen molar-refractivity contribution in [3.63, 3.8) is 0 Å². The summed E-state index contributed by atoms with van der Waals surface area (Å²) in [5, 5.41) is 3.25. The van der Waals surface area contributed by atoms with Crippen molar-refractivity contribution in [1.29, 1.82) is 0 Å². The molecule has 0 saturated carbocycles. The number of benzene rings is 2. The number of alkyl halides is 1. The number of para-hydroxylation sites is 1. The summed E-state index contributed by atoms with van der Waals surface area (Å²) in [7, 11) is 2.97. The minimum Gasteiger partial charge on any atom is -0.497 e. The maximum atomic E-state index is 13.1. The van der Waals surface area contributed by atoms with Crippen LogP contribution in [0.1, 0.15) is 16.1 Å². The molecule has 26 heavy (non-hydrogen) atoms.